The van der Waals surface area contributed by atoms with E-state index in [2.05, 4.69) is 31.2 Å². The topological polar surface area (TPSA) is 69.9 Å². The molecule has 176 valence electrons. The van der Waals surface area contributed by atoms with Crippen molar-refractivity contribution >= 4 is 34.3 Å². The number of nitrogens with zero attached hydrogens (tertiary/aromatic N) is 5. The molecule has 5 heterocycles. The van der Waals surface area contributed by atoms with Gasteiger partial charge in [-0.3, -0.25) is 0 Å². The molecule has 2 aliphatic heterocycles. The van der Waals surface area contributed by atoms with Crippen LogP contribution in [0.15, 0.2) is 52.8 Å². The van der Waals surface area contributed by atoms with Gasteiger partial charge in [0.1, 0.15) is 24.2 Å². The smallest absolute Gasteiger partial charge is 0.232 e. The SMILES string of the molecule is CNc1cc(F)cc2c1Cc1nc(Sc3cnc4ccc[n+](C)c4c3)nc(N3CC4CNC4C3)c1-2. The van der Waals surface area contributed by atoms with E-state index in [4.69, 9.17) is 9.97 Å². The number of halogens is 1. The van der Waals surface area contributed by atoms with Gasteiger partial charge in [0, 0.05) is 79.5 Å². The third kappa shape index (κ3) is 3.36. The van der Waals surface area contributed by atoms with Gasteiger partial charge in [-0.05, 0) is 41.1 Å². The molecule has 35 heavy (non-hydrogen) atoms. The zero-order chi connectivity index (χ0) is 23.7. The second-order valence-electron chi connectivity index (χ2n) is 9.53. The monoisotopic (exact) mass is 486 g/mol. The van der Waals surface area contributed by atoms with Crippen LogP contribution in [0.2, 0.25) is 0 Å². The molecule has 9 heteroatoms. The van der Waals surface area contributed by atoms with Gasteiger partial charge in [-0.1, -0.05) is 0 Å². The normalized spacial score (nSPS) is 19.9. The highest BCUT2D eigenvalue weighted by atomic mass is 32.2. The number of benzene rings is 1. The lowest BCUT2D eigenvalue weighted by atomic mass is 9.96. The number of anilines is 2. The van der Waals surface area contributed by atoms with Gasteiger partial charge in [-0.15, -0.1) is 0 Å². The third-order valence-electron chi connectivity index (χ3n) is 7.45. The van der Waals surface area contributed by atoms with Crippen molar-refractivity contribution in [1.82, 2.24) is 20.3 Å². The molecule has 3 aliphatic rings. The Bertz CT molecular complexity index is 1500. The zero-order valence-corrected chi connectivity index (χ0v) is 20.4. The molecule has 1 aromatic carbocycles. The summed E-state index contributed by atoms with van der Waals surface area (Å²) in [5, 5.41) is 7.39. The highest BCUT2D eigenvalue weighted by Crippen LogP contribution is 2.46. The maximum atomic E-state index is 14.6. The minimum Gasteiger partial charge on any atom is -0.388 e. The van der Waals surface area contributed by atoms with Crippen molar-refractivity contribution in [3.8, 4) is 11.1 Å². The van der Waals surface area contributed by atoms with Gasteiger partial charge in [0.05, 0.1) is 5.69 Å². The van der Waals surface area contributed by atoms with E-state index in [9.17, 15) is 4.39 Å². The average molecular weight is 487 g/mol. The molecule has 1 aliphatic carbocycles. The van der Waals surface area contributed by atoms with Crippen LogP contribution >= 0.6 is 11.8 Å². The van der Waals surface area contributed by atoms with Gasteiger partial charge >= 0.3 is 0 Å². The first kappa shape index (κ1) is 21.0. The number of rotatable bonds is 4. The summed E-state index contributed by atoms with van der Waals surface area (Å²) in [5.41, 5.74) is 6.75. The van der Waals surface area contributed by atoms with E-state index >= 15 is 0 Å². The Morgan fingerprint density at radius 3 is 2.91 bits per heavy atom. The van der Waals surface area contributed by atoms with Crippen LogP contribution in [0.5, 0.6) is 0 Å². The summed E-state index contributed by atoms with van der Waals surface area (Å²) in [6, 6.07) is 9.84. The van der Waals surface area contributed by atoms with Gasteiger partial charge in [-0.2, -0.15) is 4.57 Å². The van der Waals surface area contributed by atoms with Crippen molar-refractivity contribution in [2.45, 2.75) is 22.5 Å². The van der Waals surface area contributed by atoms with Crippen molar-refractivity contribution in [2.75, 3.05) is 36.9 Å². The van der Waals surface area contributed by atoms with Crippen LogP contribution in [0.1, 0.15) is 11.3 Å². The van der Waals surface area contributed by atoms with E-state index in [1.165, 1.54) is 11.8 Å². The lowest BCUT2D eigenvalue weighted by Gasteiger charge is -2.29. The van der Waals surface area contributed by atoms with E-state index < -0.39 is 0 Å². The Morgan fingerprint density at radius 2 is 2.14 bits per heavy atom. The number of hydrogen-bond donors (Lipinski definition) is 2. The van der Waals surface area contributed by atoms with Gasteiger partial charge in [0.2, 0.25) is 5.52 Å². The fourth-order valence-electron chi connectivity index (χ4n) is 5.58. The molecular weight excluding hydrogens is 461 g/mol. The summed E-state index contributed by atoms with van der Waals surface area (Å²) < 4.78 is 16.6. The summed E-state index contributed by atoms with van der Waals surface area (Å²) in [4.78, 5) is 18.0. The van der Waals surface area contributed by atoms with Crippen LogP contribution in [0, 0.1) is 11.7 Å². The molecular formula is C26H25FN7S+. The number of pyridine rings is 2. The fourth-order valence-corrected chi connectivity index (χ4v) is 6.35. The summed E-state index contributed by atoms with van der Waals surface area (Å²) in [6.07, 6.45) is 4.56. The first-order valence-electron chi connectivity index (χ1n) is 11.9. The van der Waals surface area contributed by atoms with Gasteiger partial charge in [0.25, 0.3) is 0 Å². The van der Waals surface area contributed by atoms with Crippen LogP contribution in [0.3, 0.4) is 0 Å². The summed E-state index contributed by atoms with van der Waals surface area (Å²) in [5.74, 6) is 1.31. The predicted molar refractivity (Wildman–Crippen MR) is 134 cm³/mol. The maximum Gasteiger partial charge on any atom is 0.232 e. The molecule has 2 unspecified atom stereocenters. The van der Waals surface area contributed by atoms with E-state index in [0.29, 0.717) is 23.5 Å². The Hall–Kier alpha value is -3.30. The molecule has 0 amide bonds. The summed E-state index contributed by atoms with van der Waals surface area (Å²) >= 11 is 1.53. The van der Waals surface area contributed by atoms with Crippen molar-refractivity contribution in [3.05, 3.63) is 59.8 Å². The van der Waals surface area contributed by atoms with E-state index in [0.717, 1.165) is 69.5 Å². The van der Waals surface area contributed by atoms with Gasteiger partial charge in [0.15, 0.2) is 11.4 Å². The first-order chi connectivity index (χ1) is 17.1. The first-order valence-corrected chi connectivity index (χ1v) is 12.7. The number of hydrogen-bond acceptors (Lipinski definition) is 7. The van der Waals surface area contributed by atoms with E-state index in [1.54, 1.807) is 12.1 Å². The standard InChI is InChI=1S/C26H25FN7S/c1-28-20-7-15(27)6-18-17(20)9-21-24(18)25(34-12-14-10-29-22(14)13-34)32-26(31-21)35-16-8-23-19(30-11-16)4-3-5-33(23)2/h3-8,11,14,22,28-29H,9-10,12-13H2,1-2H3/q+1. The highest BCUT2D eigenvalue weighted by molar-refractivity contribution is 7.99. The second-order valence-corrected chi connectivity index (χ2v) is 10.6. The molecule has 4 aromatic rings. The van der Waals surface area contributed by atoms with Crippen molar-refractivity contribution in [1.29, 1.82) is 0 Å². The van der Waals surface area contributed by atoms with E-state index in [1.807, 2.05) is 38.6 Å². The maximum absolute atomic E-state index is 14.6. The Labute approximate surface area is 206 Å². The van der Waals surface area contributed by atoms with Crippen LogP contribution in [0.4, 0.5) is 15.9 Å². The lowest BCUT2D eigenvalue weighted by Crippen LogP contribution is -2.51. The molecule has 2 saturated heterocycles. The van der Waals surface area contributed by atoms with Crippen molar-refractivity contribution < 1.29 is 8.96 Å². The third-order valence-corrected chi connectivity index (χ3v) is 8.27. The lowest BCUT2D eigenvalue weighted by molar-refractivity contribution is -0.645. The molecule has 2 N–H and O–H groups in total. The zero-order valence-electron chi connectivity index (χ0n) is 19.5. The molecule has 0 spiro atoms. The van der Waals surface area contributed by atoms with Crippen molar-refractivity contribution in [3.63, 3.8) is 0 Å². The molecule has 3 aromatic heterocycles. The van der Waals surface area contributed by atoms with Crippen LogP contribution in [-0.2, 0) is 13.5 Å². The second kappa shape index (κ2) is 7.86. The van der Waals surface area contributed by atoms with Crippen LogP contribution in [0.25, 0.3) is 22.2 Å². The quantitative estimate of drug-likeness (QED) is 0.299. The number of nitrogens with one attached hydrogen (secondary N) is 2. The van der Waals surface area contributed by atoms with Crippen LogP contribution < -0.4 is 20.1 Å². The molecule has 0 radical (unpaired) electrons. The number of aryl methyl sites for hydroxylation is 1. The highest BCUT2D eigenvalue weighted by Gasteiger charge is 2.41. The molecule has 2 atom stereocenters. The largest absolute Gasteiger partial charge is 0.388 e. The molecule has 2 fully saturated rings. The fraction of sp³-hybridized carbons (Fsp3) is 0.308. The van der Waals surface area contributed by atoms with Gasteiger partial charge in [-0.25, -0.2) is 19.3 Å². The van der Waals surface area contributed by atoms with Crippen molar-refractivity contribution in [2.24, 2.45) is 13.0 Å². The molecule has 0 bridgehead atoms. The van der Waals surface area contributed by atoms with Crippen LogP contribution in [-0.4, -0.2) is 47.7 Å². The molecule has 7 rings (SSSR count). The predicted octanol–water partition coefficient (Wildman–Crippen LogP) is 3.16. The Morgan fingerprint density at radius 1 is 1.23 bits per heavy atom. The van der Waals surface area contributed by atoms with Gasteiger partial charge < -0.3 is 15.5 Å². The molecule has 0 saturated carbocycles. The number of aromatic nitrogens is 4. The minimum atomic E-state index is -0.247. The summed E-state index contributed by atoms with van der Waals surface area (Å²) in [7, 11) is 3.86. The number of fused-ring (bicyclic) bond motifs is 5. The average Bonchev–Trinajstić information content (AvgIpc) is 3.35. The Kier molecular flexibility index (Phi) is 4.72. The minimum absolute atomic E-state index is 0.247. The summed E-state index contributed by atoms with van der Waals surface area (Å²) in [6.45, 7) is 2.92. The Balaban J connectivity index is 1.34. The molecule has 7 nitrogen and oxygen atoms in total. The van der Waals surface area contributed by atoms with E-state index in [-0.39, 0.29) is 5.82 Å².